The second-order valence-corrected chi connectivity index (χ2v) is 3.07. The van der Waals surface area contributed by atoms with Crippen LogP contribution in [0.25, 0.3) is 0 Å². The Morgan fingerprint density at radius 1 is 1.64 bits per heavy atom. The first-order valence-corrected chi connectivity index (χ1v) is 4.07. The zero-order valence-electron chi connectivity index (χ0n) is 6.51. The number of carbonyl (C=O) groups is 1. The lowest BCUT2D eigenvalue weighted by atomic mass is 10.2. The Labute approximate surface area is 76.4 Å². The number of hydrogen-bond acceptors (Lipinski definition) is 2. The molecule has 0 fully saturated rings. The summed E-state index contributed by atoms with van der Waals surface area (Å²) < 4.78 is 5.16. The molecule has 0 spiro atoms. The van der Waals surface area contributed by atoms with Gasteiger partial charge in [0, 0.05) is 23.6 Å². The van der Waals surface area contributed by atoms with E-state index >= 15 is 0 Å². The standard InChI is InChI=1S/C6H11Cl2NO2/c1-3-4-5(2)11-6(10)9(7)8/h5H,3-4H2,1-2H3. The van der Waals surface area contributed by atoms with Gasteiger partial charge in [-0.15, -0.1) is 3.94 Å². The van der Waals surface area contributed by atoms with Gasteiger partial charge >= 0.3 is 6.09 Å². The fourth-order valence-corrected chi connectivity index (χ4v) is 0.757. The van der Waals surface area contributed by atoms with Crippen molar-refractivity contribution in [2.45, 2.75) is 32.8 Å². The van der Waals surface area contributed by atoms with E-state index in [-0.39, 0.29) is 6.10 Å². The molecule has 0 aliphatic carbocycles. The van der Waals surface area contributed by atoms with E-state index in [1.807, 2.05) is 6.92 Å². The van der Waals surface area contributed by atoms with Crippen LogP contribution in [0, 0.1) is 0 Å². The highest BCUT2D eigenvalue weighted by Gasteiger charge is 2.12. The maximum absolute atomic E-state index is 10.7. The topological polar surface area (TPSA) is 29.5 Å². The molecule has 5 heteroatoms. The van der Waals surface area contributed by atoms with Crippen molar-refractivity contribution in [3.8, 4) is 0 Å². The second-order valence-electron chi connectivity index (χ2n) is 2.22. The van der Waals surface area contributed by atoms with Crippen LogP contribution >= 0.6 is 23.6 Å². The molecular weight excluding hydrogens is 189 g/mol. The van der Waals surface area contributed by atoms with E-state index in [4.69, 9.17) is 28.3 Å². The lowest BCUT2D eigenvalue weighted by Crippen LogP contribution is -2.19. The number of carbonyl (C=O) groups excluding carboxylic acids is 1. The summed E-state index contributed by atoms with van der Waals surface area (Å²) >= 11 is 10.2. The molecule has 0 aliphatic rings. The van der Waals surface area contributed by atoms with Gasteiger partial charge in [0.25, 0.3) is 0 Å². The number of rotatable bonds is 3. The smallest absolute Gasteiger partial charge is 0.440 e. The summed E-state index contributed by atoms with van der Waals surface area (Å²) in [6.07, 6.45) is 0.911. The van der Waals surface area contributed by atoms with E-state index in [1.54, 1.807) is 6.92 Å². The molecule has 66 valence electrons. The molecule has 0 heterocycles. The van der Waals surface area contributed by atoms with Gasteiger partial charge in [-0.1, -0.05) is 13.3 Å². The molecule has 1 atom stereocenters. The molecule has 0 radical (unpaired) electrons. The fraction of sp³-hybridized carbons (Fsp3) is 0.833. The van der Waals surface area contributed by atoms with Gasteiger partial charge in [-0.05, 0) is 13.3 Å². The summed E-state index contributed by atoms with van der Waals surface area (Å²) in [6.45, 7) is 3.79. The minimum atomic E-state index is -0.728. The van der Waals surface area contributed by atoms with Crippen molar-refractivity contribution in [3.63, 3.8) is 0 Å². The number of amides is 1. The number of halogens is 2. The van der Waals surface area contributed by atoms with Crippen LogP contribution in [0.3, 0.4) is 0 Å². The first-order valence-electron chi connectivity index (χ1n) is 3.40. The van der Waals surface area contributed by atoms with Crippen LogP contribution in [-0.4, -0.2) is 16.1 Å². The largest absolute Gasteiger partial charge is 0.445 e. The predicted octanol–water partition coefficient (Wildman–Crippen LogP) is 2.92. The average molecular weight is 200 g/mol. The molecule has 0 saturated carbocycles. The lowest BCUT2D eigenvalue weighted by Gasteiger charge is -2.12. The molecule has 0 bridgehead atoms. The molecule has 11 heavy (non-hydrogen) atoms. The van der Waals surface area contributed by atoms with Gasteiger partial charge in [0.05, 0.1) is 0 Å². The number of nitrogens with zero attached hydrogens (tertiary/aromatic N) is 1. The van der Waals surface area contributed by atoms with E-state index < -0.39 is 6.09 Å². The minimum absolute atomic E-state index is 0.132. The van der Waals surface area contributed by atoms with Gasteiger partial charge in [0.15, 0.2) is 0 Å². The number of ether oxygens (including phenoxy) is 1. The third-order valence-electron chi connectivity index (χ3n) is 1.14. The normalized spacial score (nSPS) is 12.4. The first-order chi connectivity index (χ1) is 5.07. The molecule has 0 aromatic heterocycles. The van der Waals surface area contributed by atoms with Crippen molar-refractivity contribution < 1.29 is 9.53 Å². The van der Waals surface area contributed by atoms with E-state index in [2.05, 4.69) is 0 Å². The highest BCUT2D eigenvalue weighted by atomic mass is 35.5. The van der Waals surface area contributed by atoms with Crippen molar-refractivity contribution in [2.24, 2.45) is 0 Å². The molecular formula is C6H11Cl2NO2. The quantitative estimate of drug-likeness (QED) is 0.655. The van der Waals surface area contributed by atoms with Gasteiger partial charge in [0.1, 0.15) is 6.10 Å². The monoisotopic (exact) mass is 199 g/mol. The number of hydrogen-bond donors (Lipinski definition) is 0. The Balaban J connectivity index is 3.57. The molecule has 0 rings (SSSR count). The van der Waals surface area contributed by atoms with Crippen LogP contribution in [0.4, 0.5) is 4.79 Å². The Hall–Kier alpha value is -0.150. The molecule has 0 aromatic carbocycles. The summed E-state index contributed by atoms with van der Waals surface area (Å²) in [5, 5.41) is 0. The van der Waals surface area contributed by atoms with E-state index in [0.717, 1.165) is 12.8 Å². The maximum Gasteiger partial charge on any atom is 0.440 e. The summed E-state index contributed by atoms with van der Waals surface area (Å²) in [5.41, 5.74) is 0. The summed E-state index contributed by atoms with van der Waals surface area (Å²) in [7, 11) is 0. The van der Waals surface area contributed by atoms with Crippen molar-refractivity contribution in [2.75, 3.05) is 0 Å². The van der Waals surface area contributed by atoms with Crippen LogP contribution in [0.1, 0.15) is 26.7 Å². The Bertz CT molecular complexity index is 130. The Kier molecular flexibility index (Phi) is 5.42. The van der Waals surface area contributed by atoms with Gasteiger partial charge in [-0.25, -0.2) is 4.79 Å². The third-order valence-corrected chi connectivity index (χ3v) is 1.41. The molecule has 0 saturated heterocycles. The van der Waals surface area contributed by atoms with Crippen molar-refractivity contribution >= 4 is 29.6 Å². The Morgan fingerprint density at radius 2 is 2.18 bits per heavy atom. The van der Waals surface area contributed by atoms with Crippen LogP contribution < -0.4 is 0 Å². The molecule has 1 amide bonds. The van der Waals surface area contributed by atoms with Gasteiger partial charge < -0.3 is 4.74 Å². The van der Waals surface area contributed by atoms with Gasteiger partial charge in [0.2, 0.25) is 0 Å². The van der Waals surface area contributed by atoms with Crippen LogP contribution in [-0.2, 0) is 4.74 Å². The van der Waals surface area contributed by atoms with Gasteiger partial charge in [-0.3, -0.25) is 0 Å². The average Bonchev–Trinajstić information content (AvgIpc) is 1.87. The van der Waals surface area contributed by atoms with Crippen molar-refractivity contribution in [1.29, 1.82) is 0 Å². The molecule has 0 aromatic rings. The van der Waals surface area contributed by atoms with Gasteiger partial charge in [-0.2, -0.15) is 0 Å². The second kappa shape index (κ2) is 5.49. The first kappa shape index (κ1) is 10.8. The highest BCUT2D eigenvalue weighted by Crippen LogP contribution is 2.07. The molecule has 1 unspecified atom stereocenters. The summed E-state index contributed by atoms with van der Waals surface area (Å²) in [5.74, 6) is 0. The van der Waals surface area contributed by atoms with E-state index in [1.165, 1.54) is 0 Å². The summed E-state index contributed by atoms with van der Waals surface area (Å²) in [4.78, 5) is 10.7. The molecule has 0 aliphatic heterocycles. The third kappa shape index (κ3) is 5.16. The molecule has 3 nitrogen and oxygen atoms in total. The lowest BCUT2D eigenvalue weighted by molar-refractivity contribution is 0.0963. The molecule has 0 N–H and O–H groups in total. The zero-order chi connectivity index (χ0) is 8.85. The Morgan fingerprint density at radius 3 is 2.55 bits per heavy atom. The van der Waals surface area contributed by atoms with Crippen molar-refractivity contribution in [1.82, 2.24) is 3.94 Å². The maximum atomic E-state index is 10.7. The van der Waals surface area contributed by atoms with Crippen LogP contribution in [0.5, 0.6) is 0 Å². The summed E-state index contributed by atoms with van der Waals surface area (Å²) in [6, 6.07) is 0. The van der Waals surface area contributed by atoms with E-state index in [0.29, 0.717) is 3.94 Å². The van der Waals surface area contributed by atoms with Crippen molar-refractivity contribution in [3.05, 3.63) is 0 Å². The van der Waals surface area contributed by atoms with E-state index in [9.17, 15) is 4.79 Å². The zero-order valence-corrected chi connectivity index (χ0v) is 8.02. The van der Waals surface area contributed by atoms with Crippen LogP contribution in [0.15, 0.2) is 0 Å². The van der Waals surface area contributed by atoms with Crippen LogP contribution in [0.2, 0.25) is 0 Å². The predicted molar refractivity (Wildman–Crippen MR) is 44.4 cm³/mol. The fourth-order valence-electron chi connectivity index (χ4n) is 0.677. The highest BCUT2D eigenvalue weighted by molar-refractivity contribution is 6.40. The minimum Gasteiger partial charge on any atom is -0.445 e. The SMILES string of the molecule is CCCC(C)OC(=O)N(Cl)Cl.